The van der Waals surface area contributed by atoms with Gasteiger partial charge in [-0.15, -0.1) is 0 Å². The molecule has 0 spiro atoms. The zero-order valence-corrected chi connectivity index (χ0v) is 11.2. The first-order chi connectivity index (χ1) is 8.20. The van der Waals surface area contributed by atoms with Gasteiger partial charge in [0.15, 0.2) is 0 Å². The fourth-order valence-electron chi connectivity index (χ4n) is 1.57. The molecule has 8 nitrogen and oxygen atoms in total. The van der Waals surface area contributed by atoms with Crippen molar-refractivity contribution in [1.82, 2.24) is 10.2 Å². The quantitative estimate of drug-likeness (QED) is 0.666. The van der Waals surface area contributed by atoms with Crippen LogP contribution in [0.3, 0.4) is 0 Å². The Hall–Kier alpha value is -1.35. The second-order valence-electron chi connectivity index (χ2n) is 4.01. The van der Waals surface area contributed by atoms with E-state index in [9.17, 15) is 18.0 Å². The van der Waals surface area contributed by atoms with Gasteiger partial charge in [0, 0.05) is 6.92 Å². The second-order valence-corrected chi connectivity index (χ2v) is 5.61. The first kappa shape index (κ1) is 14.7. The van der Waals surface area contributed by atoms with Crippen LogP contribution in [-0.4, -0.2) is 57.0 Å². The first-order valence-corrected chi connectivity index (χ1v) is 7.08. The maximum Gasteiger partial charge on any atom is 0.411 e. The van der Waals surface area contributed by atoms with Crippen LogP contribution in [0.25, 0.3) is 0 Å². The highest BCUT2D eigenvalue weighted by atomic mass is 32.2. The van der Waals surface area contributed by atoms with Crippen molar-refractivity contribution < 1.29 is 26.9 Å². The molecular formula is C9H16N2O6S. The van der Waals surface area contributed by atoms with Gasteiger partial charge in [-0.2, -0.15) is 8.42 Å². The maximum absolute atomic E-state index is 11.4. The molecule has 0 aromatic heterocycles. The zero-order valence-electron chi connectivity index (χ0n) is 10.4. The number of hydrogen-bond acceptors (Lipinski definition) is 6. The minimum Gasteiger partial charge on any atom is -0.447 e. The van der Waals surface area contributed by atoms with Gasteiger partial charge in [-0.1, -0.05) is 0 Å². The van der Waals surface area contributed by atoms with Crippen LogP contribution in [0.4, 0.5) is 4.79 Å². The fraction of sp³-hybridized carbons (Fsp3) is 0.778. The van der Waals surface area contributed by atoms with E-state index in [4.69, 9.17) is 8.92 Å². The minimum absolute atomic E-state index is 0.0229. The van der Waals surface area contributed by atoms with E-state index in [2.05, 4.69) is 5.32 Å². The van der Waals surface area contributed by atoms with Crippen molar-refractivity contribution in [2.24, 2.45) is 0 Å². The largest absolute Gasteiger partial charge is 0.447 e. The molecule has 104 valence electrons. The van der Waals surface area contributed by atoms with Crippen LogP contribution < -0.4 is 5.32 Å². The van der Waals surface area contributed by atoms with Crippen LogP contribution in [0.1, 0.15) is 13.8 Å². The molecule has 1 heterocycles. The summed E-state index contributed by atoms with van der Waals surface area (Å²) in [6, 6.07) is -0.556. The Bertz CT molecular complexity index is 434. The lowest BCUT2D eigenvalue weighted by Gasteiger charge is -2.25. The van der Waals surface area contributed by atoms with Gasteiger partial charge < -0.3 is 10.1 Å². The summed E-state index contributed by atoms with van der Waals surface area (Å²) in [4.78, 5) is 23.4. The summed E-state index contributed by atoms with van der Waals surface area (Å²) >= 11 is 0. The molecule has 2 amide bonds. The summed E-state index contributed by atoms with van der Waals surface area (Å²) < 4.78 is 31.6. The average molecular weight is 280 g/mol. The summed E-state index contributed by atoms with van der Waals surface area (Å²) in [5, 5.41) is 2.45. The van der Waals surface area contributed by atoms with Crippen LogP contribution in [0, 0.1) is 0 Å². The van der Waals surface area contributed by atoms with Crippen LogP contribution in [0.2, 0.25) is 0 Å². The number of amides is 2. The lowest BCUT2D eigenvalue weighted by Crippen LogP contribution is -2.47. The number of carbonyl (C=O) groups is 2. The highest BCUT2D eigenvalue weighted by Crippen LogP contribution is 2.17. The number of nitrogens with one attached hydrogen (secondary N) is 1. The van der Waals surface area contributed by atoms with E-state index >= 15 is 0 Å². The van der Waals surface area contributed by atoms with Gasteiger partial charge >= 0.3 is 6.09 Å². The number of ether oxygens (including phenoxy) is 1. The Labute approximate surface area is 105 Å². The van der Waals surface area contributed by atoms with Gasteiger partial charge in [0.05, 0.1) is 25.1 Å². The van der Waals surface area contributed by atoms with Gasteiger partial charge in [0.25, 0.3) is 10.1 Å². The Morgan fingerprint density at radius 1 is 1.67 bits per heavy atom. The molecule has 0 saturated carbocycles. The maximum atomic E-state index is 11.4. The summed E-state index contributed by atoms with van der Waals surface area (Å²) in [6.07, 6.45) is -0.433. The van der Waals surface area contributed by atoms with Gasteiger partial charge in [-0.25, -0.2) is 4.79 Å². The summed E-state index contributed by atoms with van der Waals surface area (Å²) in [5.41, 5.74) is 0. The third kappa shape index (κ3) is 4.15. The molecule has 0 aromatic carbocycles. The van der Waals surface area contributed by atoms with Crippen LogP contribution in [-0.2, 0) is 23.8 Å². The van der Waals surface area contributed by atoms with Crippen LogP contribution >= 0.6 is 0 Å². The third-order valence-electron chi connectivity index (χ3n) is 2.38. The van der Waals surface area contributed by atoms with E-state index in [1.54, 1.807) is 0 Å². The molecule has 0 aliphatic carbocycles. The normalized spacial score (nSPS) is 21.6. The molecular weight excluding hydrogens is 264 g/mol. The van der Waals surface area contributed by atoms with E-state index in [0.717, 1.165) is 6.26 Å². The molecule has 0 radical (unpaired) electrons. The van der Waals surface area contributed by atoms with Crippen molar-refractivity contribution in [3.63, 3.8) is 0 Å². The van der Waals surface area contributed by atoms with E-state index in [1.165, 1.54) is 18.7 Å². The smallest absolute Gasteiger partial charge is 0.411 e. The van der Waals surface area contributed by atoms with Gasteiger partial charge in [-0.3, -0.25) is 13.9 Å². The van der Waals surface area contributed by atoms with Crippen molar-refractivity contribution in [3.05, 3.63) is 0 Å². The van der Waals surface area contributed by atoms with Crippen LogP contribution in [0.5, 0.6) is 0 Å². The van der Waals surface area contributed by atoms with Gasteiger partial charge in [0.1, 0.15) is 6.61 Å². The molecule has 2 atom stereocenters. The molecule has 18 heavy (non-hydrogen) atoms. The fourth-order valence-corrected chi connectivity index (χ4v) is 2.25. The topological polar surface area (TPSA) is 102 Å². The van der Waals surface area contributed by atoms with E-state index in [-0.39, 0.29) is 19.2 Å². The number of rotatable bonds is 5. The molecule has 9 heteroatoms. The number of hydrogen-bond donors (Lipinski definition) is 1. The Morgan fingerprint density at radius 3 is 2.78 bits per heavy atom. The lowest BCUT2D eigenvalue weighted by atomic mass is 10.2. The third-order valence-corrected chi connectivity index (χ3v) is 3.03. The molecule has 1 fully saturated rings. The second kappa shape index (κ2) is 5.53. The average Bonchev–Trinajstić information content (AvgIpc) is 2.54. The number of nitrogens with zero attached hydrogens (tertiary/aromatic N) is 1. The zero-order chi connectivity index (χ0) is 13.9. The Kier molecular flexibility index (Phi) is 4.52. The highest BCUT2D eigenvalue weighted by Gasteiger charge is 2.38. The molecule has 1 N–H and O–H groups in total. The molecule has 1 aliphatic heterocycles. The van der Waals surface area contributed by atoms with E-state index in [0.29, 0.717) is 0 Å². The molecule has 1 aliphatic rings. The Balaban J connectivity index is 2.68. The standard InChI is InChI=1S/C9H16N2O6S/c1-6(17-18(3,14)15)8-4-16-9(13)11(8)5-10-7(2)12/h6,8H,4-5H2,1-3H3,(H,10,12). The predicted octanol–water partition coefficient (Wildman–Crippen LogP) is -0.734. The van der Waals surface area contributed by atoms with Crippen molar-refractivity contribution in [3.8, 4) is 0 Å². The summed E-state index contributed by atoms with van der Waals surface area (Å²) in [7, 11) is -3.61. The van der Waals surface area contributed by atoms with Gasteiger partial charge in [-0.05, 0) is 6.92 Å². The van der Waals surface area contributed by atoms with E-state index in [1.807, 2.05) is 0 Å². The predicted molar refractivity (Wildman–Crippen MR) is 61.0 cm³/mol. The molecule has 1 saturated heterocycles. The lowest BCUT2D eigenvalue weighted by molar-refractivity contribution is -0.119. The van der Waals surface area contributed by atoms with E-state index < -0.39 is 28.4 Å². The van der Waals surface area contributed by atoms with Crippen molar-refractivity contribution in [2.75, 3.05) is 19.5 Å². The van der Waals surface area contributed by atoms with Crippen LogP contribution in [0.15, 0.2) is 0 Å². The summed E-state index contributed by atoms with van der Waals surface area (Å²) in [5.74, 6) is -0.301. The molecule has 0 bridgehead atoms. The van der Waals surface area contributed by atoms with Crippen molar-refractivity contribution in [1.29, 1.82) is 0 Å². The Morgan fingerprint density at radius 2 is 2.28 bits per heavy atom. The monoisotopic (exact) mass is 280 g/mol. The van der Waals surface area contributed by atoms with Crippen molar-refractivity contribution in [2.45, 2.75) is 26.0 Å². The first-order valence-electron chi connectivity index (χ1n) is 5.27. The molecule has 2 unspecified atom stereocenters. The number of cyclic esters (lactones) is 1. The van der Waals surface area contributed by atoms with Gasteiger partial charge in [0.2, 0.25) is 5.91 Å². The summed E-state index contributed by atoms with van der Waals surface area (Å²) in [6.45, 7) is 2.81. The number of carbonyl (C=O) groups excluding carboxylic acids is 2. The molecule has 1 rings (SSSR count). The minimum atomic E-state index is -3.61. The molecule has 0 aromatic rings. The van der Waals surface area contributed by atoms with Crippen molar-refractivity contribution >= 4 is 22.1 Å². The SMILES string of the molecule is CC(=O)NCN1C(=O)OCC1C(C)OS(C)(=O)=O. The highest BCUT2D eigenvalue weighted by molar-refractivity contribution is 7.86.